The molecule has 1 aliphatic rings. The van der Waals surface area contributed by atoms with Crippen LogP contribution in [0.3, 0.4) is 0 Å². The van der Waals surface area contributed by atoms with E-state index >= 15 is 0 Å². The van der Waals surface area contributed by atoms with Gasteiger partial charge in [-0.05, 0) is 30.4 Å². The zero-order valence-corrected chi connectivity index (χ0v) is 11.5. The van der Waals surface area contributed by atoms with E-state index in [1.807, 2.05) is 0 Å². The van der Waals surface area contributed by atoms with Crippen LogP contribution in [-0.4, -0.2) is 30.8 Å². The molecule has 18 heavy (non-hydrogen) atoms. The highest BCUT2D eigenvalue weighted by atomic mass is 16.1. The Labute approximate surface area is 110 Å². The summed E-state index contributed by atoms with van der Waals surface area (Å²) in [6.45, 7) is 7.20. The van der Waals surface area contributed by atoms with Crippen LogP contribution in [0.2, 0.25) is 0 Å². The summed E-state index contributed by atoms with van der Waals surface area (Å²) < 4.78 is 0. The Kier molecular flexibility index (Phi) is 4.18. The molecular weight excluding hydrogens is 222 g/mol. The van der Waals surface area contributed by atoms with Gasteiger partial charge in [-0.15, -0.1) is 0 Å². The number of benzene rings is 1. The monoisotopic (exact) mass is 245 g/mol. The summed E-state index contributed by atoms with van der Waals surface area (Å²) in [6.07, 6.45) is 4.26. The Morgan fingerprint density at radius 1 is 1.22 bits per heavy atom. The predicted molar refractivity (Wildman–Crippen MR) is 74.8 cm³/mol. The van der Waals surface area contributed by atoms with Crippen molar-refractivity contribution in [3.05, 3.63) is 35.4 Å². The Morgan fingerprint density at radius 3 is 2.22 bits per heavy atom. The summed E-state index contributed by atoms with van der Waals surface area (Å²) in [7, 11) is 0. The van der Waals surface area contributed by atoms with Gasteiger partial charge in [0.1, 0.15) is 6.29 Å². The van der Waals surface area contributed by atoms with E-state index in [9.17, 15) is 4.79 Å². The first-order valence-corrected chi connectivity index (χ1v) is 6.92. The molecule has 0 radical (unpaired) electrons. The molecule has 2 rings (SSSR count). The molecule has 0 saturated carbocycles. The molecule has 1 aromatic rings. The normalized spacial score (nSPS) is 19.7. The third-order valence-electron chi connectivity index (χ3n) is 4.19. The highest BCUT2D eigenvalue weighted by Crippen LogP contribution is 2.22. The molecule has 1 atom stereocenters. The van der Waals surface area contributed by atoms with Gasteiger partial charge in [0.2, 0.25) is 0 Å². The first kappa shape index (κ1) is 13.3. The zero-order chi connectivity index (χ0) is 13.0. The lowest BCUT2D eigenvalue weighted by molar-refractivity contribution is -0.116. The molecule has 0 spiro atoms. The maximum absolute atomic E-state index is 11.2. The van der Waals surface area contributed by atoms with E-state index in [-0.39, 0.29) is 5.41 Å². The lowest BCUT2D eigenvalue weighted by Crippen LogP contribution is -2.38. The third-order valence-corrected chi connectivity index (χ3v) is 4.19. The molecule has 0 fully saturated rings. The van der Waals surface area contributed by atoms with Gasteiger partial charge >= 0.3 is 0 Å². The lowest BCUT2D eigenvalue weighted by Gasteiger charge is -2.29. The number of nitrogens with zero attached hydrogens (tertiary/aromatic N) is 1. The molecule has 0 bridgehead atoms. The molecule has 0 amide bonds. The fraction of sp³-hybridized carbons (Fsp3) is 0.562. The minimum atomic E-state index is -0.184. The highest BCUT2D eigenvalue weighted by molar-refractivity contribution is 5.58. The van der Waals surface area contributed by atoms with E-state index in [4.69, 9.17) is 0 Å². The third kappa shape index (κ3) is 2.99. The molecule has 1 aliphatic heterocycles. The van der Waals surface area contributed by atoms with E-state index in [1.165, 1.54) is 11.1 Å². The molecule has 1 heterocycles. The smallest absolute Gasteiger partial charge is 0.127 e. The molecule has 2 nitrogen and oxygen atoms in total. The van der Waals surface area contributed by atoms with Crippen molar-refractivity contribution in [2.24, 2.45) is 5.41 Å². The number of rotatable bonds is 4. The first-order chi connectivity index (χ1) is 8.67. The highest BCUT2D eigenvalue weighted by Gasteiger charge is 2.25. The number of hydrogen-bond donors (Lipinski definition) is 0. The SMILES string of the molecule is CCC(C)(C=O)CN1CCc2ccccc2CC1. The van der Waals surface area contributed by atoms with E-state index in [0.29, 0.717) is 0 Å². The Bertz CT molecular complexity index is 388. The second-order valence-corrected chi connectivity index (χ2v) is 5.67. The number of hydrogen-bond acceptors (Lipinski definition) is 2. The van der Waals surface area contributed by atoms with Crippen LogP contribution in [-0.2, 0) is 17.6 Å². The molecule has 0 N–H and O–H groups in total. The topological polar surface area (TPSA) is 20.3 Å². The van der Waals surface area contributed by atoms with Crippen molar-refractivity contribution >= 4 is 6.29 Å². The molecule has 0 saturated heterocycles. The van der Waals surface area contributed by atoms with Crippen LogP contribution in [0.1, 0.15) is 31.4 Å². The van der Waals surface area contributed by atoms with Crippen molar-refractivity contribution in [1.82, 2.24) is 4.90 Å². The number of carbonyl (C=O) groups is 1. The van der Waals surface area contributed by atoms with Crippen LogP contribution < -0.4 is 0 Å². The summed E-state index contributed by atoms with van der Waals surface area (Å²) in [6, 6.07) is 8.71. The summed E-state index contributed by atoms with van der Waals surface area (Å²) in [5.74, 6) is 0. The number of carbonyl (C=O) groups excluding carboxylic acids is 1. The average Bonchev–Trinajstić information content (AvgIpc) is 2.62. The lowest BCUT2D eigenvalue weighted by atomic mass is 9.89. The number of fused-ring (bicyclic) bond motifs is 1. The van der Waals surface area contributed by atoms with Gasteiger partial charge in [-0.2, -0.15) is 0 Å². The quantitative estimate of drug-likeness (QED) is 0.760. The Balaban J connectivity index is 2.02. The van der Waals surface area contributed by atoms with Gasteiger partial charge < -0.3 is 9.69 Å². The van der Waals surface area contributed by atoms with Crippen LogP contribution in [0.5, 0.6) is 0 Å². The summed E-state index contributed by atoms with van der Waals surface area (Å²) in [4.78, 5) is 13.7. The van der Waals surface area contributed by atoms with E-state index in [2.05, 4.69) is 43.0 Å². The van der Waals surface area contributed by atoms with Gasteiger partial charge in [0.15, 0.2) is 0 Å². The van der Waals surface area contributed by atoms with E-state index in [0.717, 1.165) is 45.2 Å². The van der Waals surface area contributed by atoms with Crippen LogP contribution in [0, 0.1) is 5.41 Å². The maximum Gasteiger partial charge on any atom is 0.127 e. The molecule has 98 valence electrons. The Hall–Kier alpha value is -1.15. The van der Waals surface area contributed by atoms with Crippen molar-refractivity contribution < 1.29 is 4.79 Å². The van der Waals surface area contributed by atoms with Gasteiger partial charge in [-0.25, -0.2) is 0 Å². The predicted octanol–water partition coefficient (Wildman–Crippen LogP) is 2.70. The maximum atomic E-state index is 11.2. The molecule has 1 aromatic carbocycles. The molecule has 0 aromatic heterocycles. The standard InChI is InChI=1S/C16H23NO/c1-3-16(2,13-18)12-17-10-8-14-6-4-5-7-15(14)9-11-17/h4-7,13H,3,8-12H2,1-2H3. The average molecular weight is 245 g/mol. The Morgan fingerprint density at radius 2 is 1.78 bits per heavy atom. The van der Waals surface area contributed by atoms with Gasteiger partial charge in [0.25, 0.3) is 0 Å². The molecule has 2 heteroatoms. The van der Waals surface area contributed by atoms with E-state index in [1.54, 1.807) is 0 Å². The number of aldehydes is 1. The van der Waals surface area contributed by atoms with Crippen molar-refractivity contribution in [3.63, 3.8) is 0 Å². The fourth-order valence-corrected chi connectivity index (χ4v) is 2.62. The summed E-state index contributed by atoms with van der Waals surface area (Å²) in [5.41, 5.74) is 2.77. The van der Waals surface area contributed by atoms with Crippen molar-refractivity contribution in [1.29, 1.82) is 0 Å². The second kappa shape index (κ2) is 5.66. The first-order valence-electron chi connectivity index (χ1n) is 6.92. The summed E-state index contributed by atoms with van der Waals surface area (Å²) in [5, 5.41) is 0. The molecule has 0 aliphatic carbocycles. The van der Waals surface area contributed by atoms with Gasteiger partial charge in [0.05, 0.1) is 0 Å². The van der Waals surface area contributed by atoms with Crippen LogP contribution >= 0.6 is 0 Å². The zero-order valence-electron chi connectivity index (χ0n) is 11.5. The van der Waals surface area contributed by atoms with Gasteiger partial charge in [-0.1, -0.05) is 38.1 Å². The van der Waals surface area contributed by atoms with Crippen LogP contribution in [0.15, 0.2) is 24.3 Å². The van der Waals surface area contributed by atoms with Crippen molar-refractivity contribution in [3.8, 4) is 0 Å². The largest absolute Gasteiger partial charge is 0.303 e. The summed E-state index contributed by atoms with van der Waals surface area (Å²) >= 11 is 0. The molecular formula is C16H23NO. The molecule has 1 unspecified atom stereocenters. The van der Waals surface area contributed by atoms with Crippen molar-refractivity contribution in [2.45, 2.75) is 33.1 Å². The van der Waals surface area contributed by atoms with Crippen molar-refractivity contribution in [2.75, 3.05) is 19.6 Å². The van der Waals surface area contributed by atoms with E-state index < -0.39 is 0 Å². The van der Waals surface area contributed by atoms with Gasteiger partial charge in [-0.3, -0.25) is 0 Å². The minimum absolute atomic E-state index is 0.184. The van der Waals surface area contributed by atoms with Crippen LogP contribution in [0.25, 0.3) is 0 Å². The minimum Gasteiger partial charge on any atom is -0.303 e. The fourth-order valence-electron chi connectivity index (χ4n) is 2.62. The van der Waals surface area contributed by atoms with Gasteiger partial charge in [0, 0.05) is 25.0 Å². The second-order valence-electron chi connectivity index (χ2n) is 5.67. The van der Waals surface area contributed by atoms with Crippen LogP contribution in [0.4, 0.5) is 0 Å².